The molecule has 0 saturated heterocycles. The van der Waals surface area contributed by atoms with Gasteiger partial charge in [-0.2, -0.15) is 4.31 Å². The molecule has 0 bridgehead atoms. The van der Waals surface area contributed by atoms with Crippen molar-refractivity contribution in [2.45, 2.75) is 29.3 Å². The summed E-state index contributed by atoms with van der Waals surface area (Å²) in [7, 11) is -2.40. The highest BCUT2D eigenvalue weighted by molar-refractivity contribution is 7.98. The van der Waals surface area contributed by atoms with Gasteiger partial charge in [0.05, 0.1) is 24.6 Å². The third-order valence-corrected chi connectivity index (χ3v) is 7.76. The van der Waals surface area contributed by atoms with Crippen molar-refractivity contribution in [2.24, 2.45) is 0 Å². The Morgan fingerprint density at radius 2 is 1.64 bits per heavy atom. The number of carbonyl (C=O) groups excluding carboxylic acids is 1. The van der Waals surface area contributed by atoms with Crippen LogP contribution in [0.25, 0.3) is 0 Å². The molecule has 0 radical (unpaired) electrons. The number of carbonyl (C=O) groups is 1. The average Bonchev–Trinajstić information content (AvgIpc) is 2.84. The van der Waals surface area contributed by atoms with Crippen molar-refractivity contribution >= 4 is 27.7 Å². The molecular formula is C25H28N2O4S2. The molecule has 1 N–H and O–H groups in total. The van der Waals surface area contributed by atoms with Gasteiger partial charge in [-0.3, -0.25) is 4.79 Å². The fourth-order valence-electron chi connectivity index (χ4n) is 3.33. The van der Waals surface area contributed by atoms with E-state index in [1.165, 1.54) is 23.5 Å². The number of ether oxygens (including phenoxy) is 1. The summed E-state index contributed by atoms with van der Waals surface area (Å²) in [5, 5.41) is 2.92. The molecule has 1 atom stereocenters. The molecule has 0 fully saturated rings. The van der Waals surface area contributed by atoms with Crippen LogP contribution in [0.15, 0.2) is 88.7 Å². The van der Waals surface area contributed by atoms with Crippen molar-refractivity contribution in [3.05, 3.63) is 90.0 Å². The Hall–Kier alpha value is -2.81. The summed E-state index contributed by atoms with van der Waals surface area (Å²) in [6.45, 7) is 1.67. The minimum atomic E-state index is -3.91. The van der Waals surface area contributed by atoms with E-state index in [0.29, 0.717) is 5.75 Å². The number of thioether (sulfide) groups is 1. The van der Waals surface area contributed by atoms with Crippen molar-refractivity contribution < 1.29 is 17.9 Å². The monoisotopic (exact) mass is 484 g/mol. The summed E-state index contributed by atoms with van der Waals surface area (Å²) in [6, 6.07) is 23.0. The second kappa shape index (κ2) is 11.4. The number of amides is 1. The number of sulfonamides is 1. The highest BCUT2D eigenvalue weighted by Gasteiger charge is 2.27. The lowest BCUT2D eigenvalue weighted by Gasteiger charge is -2.23. The molecule has 1 amide bonds. The SMILES string of the molecule is COc1ccc(S(=O)(=O)N(CC(=O)N[C@@H](C)c2ccc(SC)cc2)Cc2ccccc2)cc1. The third-order valence-electron chi connectivity index (χ3n) is 5.21. The summed E-state index contributed by atoms with van der Waals surface area (Å²) in [5.41, 5.74) is 1.75. The van der Waals surface area contributed by atoms with Gasteiger partial charge in [0.25, 0.3) is 0 Å². The largest absolute Gasteiger partial charge is 0.497 e. The van der Waals surface area contributed by atoms with Crippen molar-refractivity contribution in [3.8, 4) is 5.75 Å². The molecule has 0 spiro atoms. The molecule has 6 nitrogen and oxygen atoms in total. The van der Waals surface area contributed by atoms with Crippen LogP contribution in [-0.4, -0.2) is 38.5 Å². The van der Waals surface area contributed by atoms with E-state index in [4.69, 9.17) is 4.74 Å². The van der Waals surface area contributed by atoms with Gasteiger partial charge in [0.1, 0.15) is 5.75 Å². The lowest BCUT2D eigenvalue weighted by Crippen LogP contribution is -2.41. The summed E-state index contributed by atoms with van der Waals surface area (Å²) in [5.74, 6) is 0.187. The van der Waals surface area contributed by atoms with Crippen LogP contribution in [0.3, 0.4) is 0 Å². The Bertz CT molecular complexity index is 1150. The maximum atomic E-state index is 13.4. The first-order chi connectivity index (χ1) is 15.8. The number of nitrogens with zero attached hydrogens (tertiary/aromatic N) is 1. The summed E-state index contributed by atoms with van der Waals surface area (Å²) in [4.78, 5) is 14.1. The number of rotatable bonds is 10. The van der Waals surface area contributed by atoms with E-state index in [2.05, 4.69) is 5.32 Å². The molecule has 8 heteroatoms. The molecule has 3 rings (SSSR count). The Kier molecular flexibility index (Phi) is 8.55. The van der Waals surface area contributed by atoms with Gasteiger partial charge in [0.2, 0.25) is 15.9 Å². The van der Waals surface area contributed by atoms with Crippen LogP contribution in [-0.2, 0) is 21.4 Å². The van der Waals surface area contributed by atoms with Crippen molar-refractivity contribution in [1.82, 2.24) is 9.62 Å². The Morgan fingerprint density at radius 3 is 2.21 bits per heavy atom. The Balaban J connectivity index is 1.80. The molecule has 0 aliphatic rings. The zero-order chi connectivity index (χ0) is 23.8. The van der Waals surface area contributed by atoms with Crippen molar-refractivity contribution in [1.29, 1.82) is 0 Å². The van der Waals surface area contributed by atoms with Crippen LogP contribution in [0, 0.1) is 0 Å². The topological polar surface area (TPSA) is 75.7 Å². The molecule has 0 saturated carbocycles. The van der Waals surface area contributed by atoms with Crippen LogP contribution in [0.4, 0.5) is 0 Å². The molecule has 174 valence electrons. The van der Waals surface area contributed by atoms with Gasteiger partial charge in [-0.25, -0.2) is 8.42 Å². The minimum absolute atomic E-state index is 0.0828. The maximum absolute atomic E-state index is 13.4. The molecule has 33 heavy (non-hydrogen) atoms. The molecule has 0 aromatic heterocycles. The Labute approximate surface area is 200 Å². The molecule has 3 aromatic carbocycles. The first-order valence-corrected chi connectivity index (χ1v) is 13.1. The summed E-state index contributed by atoms with van der Waals surface area (Å²) < 4.78 is 33.1. The number of hydrogen-bond acceptors (Lipinski definition) is 5. The predicted octanol–water partition coefficient (Wildman–Crippen LogP) is 4.49. The molecule has 0 aliphatic heterocycles. The fraction of sp³-hybridized carbons (Fsp3) is 0.240. The highest BCUT2D eigenvalue weighted by Crippen LogP contribution is 2.22. The number of methoxy groups -OCH3 is 1. The highest BCUT2D eigenvalue weighted by atomic mass is 32.2. The normalized spacial score (nSPS) is 12.4. The van der Waals surface area contributed by atoms with Crippen LogP contribution in [0.2, 0.25) is 0 Å². The van der Waals surface area contributed by atoms with Crippen LogP contribution >= 0.6 is 11.8 Å². The molecule has 0 aliphatic carbocycles. The van der Waals surface area contributed by atoms with Gasteiger partial charge >= 0.3 is 0 Å². The van der Waals surface area contributed by atoms with E-state index in [1.54, 1.807) is 23.9 Å². The van der Waals surface area contributed by atoms with E-state index in [1.807, 2.05) is 67.8 Å². The van der Waals surface area contributed by atoms with Crippen LogP contribution < -0.4 is 10.1 Å². The van der Waals surface area contributed by atoms with E-state index in [9.17, 15) is 13.2 Å². The van der Waals surface area contributed by atoms with Crippen LogP contribution in [0.1, 0.15) is 24.1 Å². The number of benzene rings is 3. The third kappa shape index (κ3) is 6.60. The van der Waals surface area contributed by atoms with Crippen LogP contribution in [0.5, 0.6) is 5.75 Å². The first-order valence-electron chi connectivity index (χ1n) is 10.4. The zero-order valence-electron chi connectivity index (χ0n) is 18.9. The minimum Gasteiger partial charge on any atom is -0.497 e. The van der Waals surface area contributed by atoms with E-state index in [-0.39, 0.29) is 29.9 Å². The maximum Gasteiger partial charge on any atom is 0.243 e. The van der Waals surface area contributed by atoms with Gasteiger partial charge in [0, 0.05) is 11.4 Å². The lowest BCUT2D eigenvalue weighted by molar-refractivity contribution is -0.122. The zero-order valence-corrected chi connectivity index (χ0v) is 20.5. The molecule has 0 heterocycles. The van der Waals surface area contributed by atoms with Gasteiger partial charge in [0.15, 0.2) is 0 Å². The predicted molar refractivity (Wildman–Crippen MR) is 132 cm³/mol. The van der Waals surface area contributed by atoms with Crippen molar-refractivity contribution in [3.63, 3.8) is 0 Å². The summed E-state index contributed by atoms with van der Waals surface area (Å²) in [6.07, 6.45) is 2.00. The molecular weight excluding hydrogens is 456 g/mol. The van der Waals surface area contributed by atoms with Gasteiger partial charge < -0.3 is 10.1 Å². The van der Waals surface area contributed by atoms with E-state index in [0.717, 1.165) is 16.0 Å². The smallest absolute Gasteiger partial charge is 0.243 e. The van der Waals surface area contributed by atoms with Gasteiger partial charge in [-0.1, -0.05) is 42.5 Å². The summed E-state index contributed by atoms with van der Waals surface area (Å²) >= 11 is 1.65. The number of nitrogens with one attached hydrogen (secondary N) is 1. The van der Waals surface area contributed by atoms with Crippen molar-refractivity contribution in [2.75, 3.05) is 19.9 Å². The molecule has 3 aromatic rings. The number of hydrogen-bond donors (Lipinski definition) is 1. The average molecular weight is 485 g/mol. The first kappa shape index (κ1) is 24.8. The van der Waals surface area contributed by atoms with Gasteiger partial charge in [-0.15, -0.1) is 11.8 Å². The molecule has 0 unspecified atom stereocenters. The lowest BCUT2D eigenvalue weighted by atomic mass is 10.1. The van der Waals surface area contributed by atoms with Gasteiger partial charge in [-0.05, 0) is 60.7 Å². The quantitative estimate of drug-likeness (QED) is 0.429. The Morgan fingerprint density at radius 1 is 1.00 bits per heavy atom. The van der Waals surface area contributed by atoms with E-state index >= 15 is 0 Å². The second-order valence-corrected chi connectivity index (χ2v) is 10.3. The fourth-order valence-corrected chi connectivity index (χ4v) is 5.13. The standard InChI is InChI=1S/C25H28N2O4S2/c1-19(21-9-13-23(32-3)14-10-21)26-25(28)18-27(17-20-7-5-4-6-8-20)33(29,30)24-15-11-22(31-2)12-16-24/h4-16,19H,17-18H2,1-3H3,(H,26,28)/t19-/m0/s1. The second-order valence-electron chi connectivity index (χ2n) is 7.50. The van der Waals surface area contributed by atoms with E-state index < -0.39 is 10.0 Å².